The molecule has 0 heterocycles. The van der Waals surface area contributed by atoms with Gasteiger partial charge in [0.25, 0.3) is 0 Å². The van der Waals surface area contributed by atoms with Crippen LogP contribution in [0.2, 0.25) is 0 Å². The van der Waals surface area contributed by atoms with Crippen LogP contribution in [0.3, 0.4) is 0 Å². The van der Waals surface area contributed by atoms with Gasteiger partial charge in [-0.15, -0.1) is 6.58 Å². The van der Waals surface area contributed by atoms with E-state index in [9.17, 15) is 0 Å². The zero-order chi connectivity index (χ0) is 10.5. The molecule has 0 bridgehead atoms. The molecule has 0 fully saturated rings. The molecule has 0 unspecified atom stereocenters. The normalized spacial score (nSPS) is 9.31. The molecule has 0 aliphatic heterocycles. The minimum atomic E-state index is -1.67. The van der Waals surface area contributed by atoms with Crippen molar-refractivity contribution in [3.63, 3.8) is 0 Å². The average molecular weight is 206 g/mol. The zero-order valence-corrected chi connectivity index (χ0v) is 10.4. The molecule has 0 spiro atoms. The van der Waals surface area contributed by atoms with Crippen LogP contribution in [0.15, 0.2) is 12.7 Å². The van der Waals surface area contributed by atoms with Gasteiger partial charge in [0.2, 0.25) is 0 Å². The van der Waals surface area contributed by atoms with Crippen molar-refractivity contribution in [3.05, 3.63) is 12.7 Å². The Labute approximate surface area is 83.7 Å². The molecule has 0 atom stereocenters. The lowest BCUT2D eigenvalue weighted by molar-refractivity contribution is 0.163. The molecule has 0 aromatic rings. The van der Waals surface area contributed by atoms with Crippen molar-refractivity contribution in [1.82, 2.24) is 0 Å². The van der Waals surface area contributed by atoms with Crippen molar-refractivity contribution in [3.8, 4) is 0 Å². The van der Waals surface area contributed by atoms with E-state index >= 15 is 0 Å². The number of allylic oxidation sites excluding steroid dienone is 1. The molecule has 0 aliphatic rings. The lowest BCUT2D eigenvalue weighted by Gasteiger charge is -2.05. The summed E-state index contributed by atoms with van der Waals surface area (Å²) < 4.78 is 14.2. The first kappa shape index (κ1) is 15.3. The predicted molar refractivity (Wildman–Crippen MR) is 57.9 cm³/mol. The van der Waals surface area contributed by atoms with Gasteiger partial charge in [-0.25, -0.2) is 0 Å². The maximum atomic E-state index is 4.74. The van der Waals surface area contributed by atoms with Crippen LogP contribution in [0.5, 0.6) is 0 Å². The lowest BCUT2D eigenvalue weighted by Crippen LogP contribution is -2.21. The van der Waals surface area contributed by atoms with Crippen molar-refractivity contribution < 1.29 is 13.3 Å². The van der Waals surface area contributed by atoms with Crippen molar-refractivity contribution in [2.24, 2.45) is 0 Å². The van der Waals surface area contributed by atoms with Gasteiger partial charge in [0.15, 0.2) is 0 Å². The van der Waals surface area contributed by atoms with Gasteiger partial charge in [-0.2, -0.15) is 0 Å². The van der Waals surface area contributed by atoms with Crippen LogP contribution in [0, 0.1) is 0 Å². The molecule has 0 rings (SSSR count). The van der Waals surface area contributed by atoms with E-state index in [1.807, 2.05) is 6.08 Å². The Morgan fingerprint density at radius 3 is 1.69 bits per heavy atom. The van der Waals surface area contributed by atoms with E-state index in [0.29, 0.717) is 0 Å². The Morgan fingerprint density at radius 1 is 1.15 bits per heavy atom. The summed E-state index contributed by atoms with van der Waals surface area (Å²) in [7, 11) is 3.05. The molecule has 0 aromatic heterocycles. The Kier molecular flexibility index (Phi) is 16.9. The van der Waals surface area contributed by atoms with Gasteiger partial charge in [0, 0.05) is 21.3 Å². The van der Waals surface area contributed by atoms with Gasteiger partial charge in [-0.1, -0.05) is 25.8 Å². The highest BCUT2D eigenvalue weighted by atomic mass is 28.3. The predicted octanol–water partition coefficient (Wildman–Crippen LogP) is 2.01. The first-order valence-electron chi connectivity index (χ1n) is 4.46. The van der Waals surface area contributed by atoms with Gasteiger partial charge in [-0.3, -0.25) is 0 Å². The molecule has 0 aromatic carbocycles. The third-order valence-electron chi connectivity index (χ3n) is 1.34. The molecular weight excluding hydrogens is 184 g/mol. The Hall–Kier alpha value is -0.163. The van der Waals surface area contributed by atoms with Crippen LogP contribution >= 0.6 is 0 Å². The summed E-state index contributed by atoms with van der Waals surface area (Å²) in [6.45, 7) is 5.78. The molecule has 0 amide bonds. The van der Waals surface area contributed by atoms with E-state index < -0.39 is 9.53 Å². The van der Waals surface area contributed by atoms with Crippen molar-refractivity contribution in [1.29, 1.82) is 0 Å². The summed E-state index contributed by atoms with van der Waals surface area (Å²) >= 11 is 0. The minimum Gasteiger partial charge on any atom is -0.379 e. The highest BCUT2D eigenvalue weighted by molar-refractivity contribution is 6.36. The molecule has 0 N–H and O–H groups in total. The van der Waals surface area contributed by atoms with Crippen molar-refractivity contribution in [2.75, 3.05) is 21.3 Å². The first-order chi connectivity index (χ1) is 6.26. The Bertz CT molecular complexity index is 89.4. The smallest absolute Gasteiger partial charge is 0.379 e. The van der Waals surface area contributed by atoms with Gasteiger partial charge >= 0.3 is 9.53 Å². The fraction of sp³-hybridized carbons (Fsp3) is 0.778. The SMILES string of the molecule is C=CCCCC.CO[SiH](OC)OC. The maximum absolute atomic E-state index is 4.74. The molecule has 0 saturated carbocycles. The molecular formula is C9H22O3Si. The Balaban J connectivity index is 0. The second kappa shape index (κ2) is 14.4. The van der Waals surface area contributed by atoms with E-state index in [4.69, 9.17) is 13.3 Å². The van der Waals surface area contributed by atoms with Crippen LogP contribution in [0.4, 0.5) is 0 Å². The van der Waals surface area contributed by atoms with Crippen LogP contribution in [0.25, 0.3) is 0 Å². The quantitative estimate of drug-likeness (QED) is 0.378. The molecule has 4 heteroatoms. The number of hydrogen-bond acceptors (Lipinski definition) is 3. The van der Waals surface area contributed by atoms with E-state index in [-0.39, 0.29) is 0 Å². The standard InChI is InChI=1S/C6H12.C3H10O3Si/c1-3-5-6-4-2;1-4-7(5-2)6-3/h3H,1,4-6H2,2H3;7H,1-3H3. The molecule has 3 nitrogen and oxygen atoms in total. The monoisotopic (exact) mass is 206 g/mol. The number of rotatable bonds is 6. The van der Waals surface area contributed by atoms with Crippen molar-refractivity contribution in [2.45, 2.75) is 26.2 Å². The van der Waals surface area contributed by atoms with E-state index in [2.05, 4.69) is 13.5 Å². The fourth-order valence-corrected chi connectivity index (χ4v) is 1.21. The summed E-state index contributed by atoms with van der Waals surface area (Å²) in [6, 6.07) is 0. The topological polar surface area (TPSA) is 27.7 Å². The largest absolute Gasteiger partial charge is 0.483 e. The van der Waals surface area contributed by atoms with Crippen LogP contribution in [-0.4, -0.2) is 30.9 Å². The average Bonchev–Trinajstić information content (AvgIpc) is 2.18. The molecule has 0 radical (unpaired) electrons. The maximum Gasteiger partial charge on any atom is 0.483 e. The second-order valence-electron chi connectivity index (χ2n) is 2.43. The molecule has 13 heavy (non-hydrogen) atoms. The third-order valence-corrected chi connectivity index (χ3v) is 2.49. The minimum absolute atomic E-state index is 1.18. The number of unbranched alkanes of at least 4 members (excludes halogenated alkanes) is 2. The molecule has 0 saturated heterocycles. The van der Waals surface area contributed by atoms with Crippen LogP contribution in [0.1, 0.15) is 26.2 Å². The third kappa shape index (κ3) is 14.7. The lowest BCUT2D eigenvalue weighted by atomic mass is 10.3. The van der Waals surface area contributed by atoms with E-state index in [1.165, 1.54) is 19.3 Å². The van der Waals surface area contributed by atoms with E-state index in [0.717, 1.165) is 0 Å². The van der Waals surface area contributed by atoms with Crippen LogP contribution in [-0.2, 0) is 13.3 Å². The molecule has 0 aliphatic carbocycles. The molecule has 80 valence electrons. The highest BCUT2D eigenvalue weighted by Gasteiger charge is 2.04. The van der Waals surface area contributed by atoms with Gasteiger partial charge in [-0.05, 0) is 6.42 Å². The fourth-order valence-electron chi connectivity index (χ4n) is 0.637. The number of hydrogen-bond donors (Lipinski definition) is 0. The highest BCUT2D eigenvalue weighted by Crippen LogP contribution is 1.91. The zero-order valence-electron chi connectivity index (χ0n) is 9.21. The van der Waals surface area contributed by atoms with Crippen LogP contribution < -0.4 is 0 Å². The second-order valence-corrected chi connectivity index (χ2v) is 4.42. The van der Waals surface area contributed by atoms with E-state index in [1.54, 1.807) is 21.3 Å². The summed E-state index contributed by atoms with van der Waals surface area (Å²) in [5, 5.41) is 0. The summed E-state index contributed by atoms with van der Waals surface area (Å²) in [4.78, 5) is 0. The van der Waals surface area contributed by atoms with Gasteiger partial charge in [0.05, 0.1) is 0 Å². The Morgan fingerprint density at radius 2 is 1.62 bits per heavy atom. The summed E-state index contributed by atoms with van der Waals surface area (Å²) in [5.74, 6) is 0. The van der Waals surface area contributed by atoms with Gasteiger partial charge in [0.1, 0.15) is 0 Å². The van der Waals surface area contributed by atoms with Crippen molar-refractivity contribution >= 4 is 9.53 Å². The summed E-state index contributed by atoms with van der Waals surface area (Å²) in [6.07, 6.45) is 5.72. The van der Waals surface area contributed by atoms with Gasteiger partial charge < -0.3 is 13.3 Å². The summed E-state index contributed by atoms with van der Waals surface area (Å²) in [5.41, 5.74) is 0. The first-order valence-corrected chi connectivity index (χ1v) is 5.87.